The smallest absolute Gasteiger partial charge is 0.0549 e. The maximum atomic E-state index is 2.61. The highest BCUT2D eigenvalue weighted by Gasteiger charge is 2.43. The van der Waals surface area contributed by atoms with E-state index in [1.54, 1.807) is 0 Å². The van der Waals surface area contributed by atoms with Crippen LogP contribution in [0.4, 0.5) is 17.1 Å². The minimum atomic E-state index is -0.183. The van der Waals surface area contributed by atoms with E-state index in [2.05, 4.69) is 222 Å². The van der Waals surface area contributed by atoms with Gasteiger partial charge in [-0.3, -0.25) is 0 Å². The SMILES string of the molecule is CC1(C)c2ccccc2-c2cc(-c3ccc(N(c4cc5ccccc5c5c4-c4ccccc4C5(C)C)c4cc5ccccc5c5c4-c4ccccc4C5(C)C)cc3)ccc21. The molecule has 0 unspecified atom stereocenters. The Bertz CT molecular complexity index is 3140. The number of rotatable bonds is 4. The predicted octanol–water partition coefficient (Wildman–Crippen LogP) is 16.0. The van der Waals surface area contributed by atoms with E-state index in [0.29, 0.717) is 0 Å². The Morgan fingerprint density at radius 3 is 1.28 bits per heavy atom. The van der Waals surface area contributed by atoms with Crippen LogP contribution in [0.3, 0.4) is 0 Å². The number of benzene rings is 9. The number of anilines is 3. The second kappa shape index (κ2) is 12.2. The van der Waals surface area contributed by atoms with Crippen LogP contribution in [0.5, 0.6) is 0 Å². The third-order valence-electron chi connectivity index (χ3n) is 14.6. The van der Waals surface area contributed by atoms with Crippen molar-refractivity contribution >= 4 is 38.6 Å². The number of hydrogen-bond donors (Lipinski definition) is 0. The Hall–Kier alpha value is -6.70. The van der Waals surface area contributed by atoms with Gasteiger partial charge < -0.3 is 4.90 Å². The third-order valence-corrected chi connectivity index (χ3v) is 14.6. The lowest BCUT2D eigenvalue weighted by molar-refractivity contribution is 0.660. The molecule has 60 heavy (non-hydrogen) atoms. The minimum Gasteiger partial charge on any atom is -0.309 e. The number of nitrogens with zero attached hydrogens (tertiary/aromatic N) is 1. The second-order valence-corrected chi connectivity index (χ2v) is 18.9. The normalized spacial score (nSPS) is 15.6. The van der Waals surface area contributed by atoms with Crippen LogP contribution in [0.2, 0.25) is 0 Å². The van der Waals surface area contributed by atoms with Crippen molar-refractivity contribution in [2.24, 2.45) is 0 Å². The van der Waals surface area contributed by atoms with Gasteiger partial charge in [0.25, 0.3) is 0 Å². The topological polar surface area (TPSA) is 3.24 Å². The van der Waals surface area contributed by atoms with Crippen molar-refractivity contribution in [1.29, 1.82) is 0 Å². The molecule has 288 valence electrons. The van der Waals surface area contributed by atoms with E-state index in [1.165, 1.54) is 111 Å². The second-order valence-electron chi connectivity index (χ2n) is 18.9. The minimum absolute atomic E-state index is 0.0184. The van der Waals surface area contributed by atoms with E-state index in [4.69, 9.17) is 0 Å². The van der Waals surface area contributed by atoms with Gasteiger partial charge in [0.05, 0.1) is 11.4 Å². The molecule has 0 radical (unpaired) electrons. The summed E-state index contributed by atoms with van der Waals surface area (Å²) < 4.78 is 0. The van der Waals surface area contributed by atoms with Crippen LogP contribution in [0.1, 0.15) is 74.9 Å². The molecule has 1 heteroatoms. The van der Waals surface area contributed by atoms with Crippen LogP contribution in [-0.2, 0) is 16.2 Å². The van der Waals surface area contributed by atoms with Crippen LogP contribution in [0.15, 0.2) is 176 Å². The van der Waals surface area contributed by atoms with Gasteiger partial charge in [0, 0.05) is 33.1 Å². The van der Waals surface area contributed by atoms with Gasteiger partial charge in [-0.05, 0) is 119 Å². The van der Waals surface area contributed by atoms with Gasteiger partial charge in [0.15, 0.2) is 0 Å². The average molecular weight is 770 g/mol. The van der Waals surface area contributed by atoms with Crippen LogP contribution >= 0.6 is 0 Å². The largest absolute Gasteiger partial charge is 0.309 e. The van der Waals surface area contributed by atoms with Crippen molar-refractivity contribution in [2.75, 3.05) is 4.90 Å². The molecule has 12 rings (SSSR count). The molecule has 0 amide bonds. The van der Waals surface area contributed by atoms with E-state index in [9.17, 15) is 0 Å². The number of fused-ring (bicyclic) bond motifs is 13. The van der Waals surface area contributed by atoms with Gasteiger partial charge in [0.2, 0.25) is 0 Å². The fraction of sp³-hybridized carbons (Fsp3) is 0.153. The summed E-state index contributed by atoms with van der Waals surface area (Å²) in [6.45, 7) is 14.4. The fourth-order valence-corrected chi connectivity index (χ4v) is 11.7. The lowest BCUT2D eigenvalue weighted by atomic mass is 9.79. The highest BCUT2D eigenvalue weighted by atomic mass is 15.1. The fourth-order valence-electron chi connectivity index (χ4n) is 11.7. The number of hydrogen-bond acceptors (Lipinski definition) is 1. The molecular formula is C59H47N. The molecule has 0 bridgehead atoms. The molecule has 3 aliphatic rings. The van der Waals surface area contributed by atoms with E-state index in [1.807, 2.05) is 0 Å². The van der Waals surface area contributed by atoms with E-state index in [-0.39, 0.29) is 16.2 Å². The molecule has 9 aromatic rings. The Morgan fingerprint density at radius 2 is 0.750 bits per heavy atom. The summed E-state index contributed by atoms with van der Waals surface area (Å²) >= 11 is 0. The van der Waals surface area contributed by atoms with Crippen LogP contribution < -0.4 is 4.90 Å². The molecule has 0 heterocycles. The highest BCUT2D eigenvalue weighted by Crippen LogP contribution is 2.61. The molecule has 0 fully saturated rings. The maximum absolute atomic E-state index is 2.61. The van der Waals surface area contributed by atoms with Crippen molar-refractivity contribution in [3.05, 3.63) is 209 Å². The molecule has 9 aromatic carbocycles. The van der Waals surface area contributed by atoms with E-state index in [0.717, 1.165) is 5.69 Å². The van der Waals surface area contributed by atoms with Crippen molar-refractivity contribution in [3.63, 3.8) is 0 Å². The third kappa shape index (κ3) is 4.64. The molecule has 0 N–H and O–H groups in total. The van der Waals surface area contributed by atoms with E-state index >= 15 is 0 Å². The standard InChI is InChI=1S/C59H47N/c1-57(2)47-24-14-11-21-43(47)46-33-37(29-32-50(46)57)36-27-30-40(31-28-36)60(51-34-38-17-7-9-19-41(38)55-53(51)44-22-12-15-25-48(44)58(55,3)4)52-35-39-18-8-10-20-42(39)56-54(52)45-23-13-16-26-49(45)59(56,5)6/h7-35H,1-6H3. The highest BCUT2D eigenvalue weighted by molar-refractivity contribution is 6.10. The molecule has 0 saturated carbocycles. The van der Waals surface area contributed by atoms with Crippen molar-refractivity contribution < 1.29 is 0 Å². The Kier molecular flexibility index (Phi) is 7.16. The molecule has 0 saturated heterocycles. The van der Waals surface area contributed by atoms with Gasteiger partial charge in [0.1, 0.15) is 0 Å². The molecule has 3 aliphatic carbocycles. The summed E-state index contributed by atoms with van der Waals surface area (Å²) in [5.41, 5.74) is 22.0. The monoisotopic (exact) mass is 769 g/mol. The summed E-state index contributed by atoms with van der Waals surface area (Å²) in [5.74, 6) is 0. The van der Waals surface area contributed by atoms with Crippen LogP contribution in [0.25, 0.3) is 66.1 Å². The quantitative estimate of drug-likeness (QED) is 0.172. The first-order valence-electron chi connectivity index (χ1n) is 21.5. The Morgan fingerprint density at radius 1 is 0.333 bits per heavy atom. The van der Waals surface area contributed by atoms with Gasteiger partial charge >= 0.3 is 0 Å². The van der Waals surface area contributed by atoms with Crippen LogP contribution in [-0.4, -0.2) is 0 Å². The summed E-state index contributed by atoms with van der Waals surface area (Å²) in [7, 11) is 0. The van der Waals surface area contributed by atoms with Crippen molar-refractivity contribution in [2.45, 2.75) is 57.8 Å². The molecule has 0 spiro atoms. The zero-order chi connectivity index (χ0) is 40.7. The zero-order valence-electron chi connectivity index (χ0n) is 35.2. The van der Waals surface area contributed by atoms with Crippen LogP contribution in [0, 0.1) is 0 Å². The Labute approximate surface area is 353 Å². The van der Waals surface area contributed by atoms with Gasteiger partial charge in [-0.1, -0.05) is 187 Å². The summed E-state index contributed by atoms with van der Waals surface area (Å²) in [6.07, 6.45) is 0. The molecule has 0 atom stereocenters. The summed E-state index contributed by atoms with van der Waals surface area (Å²) in [6, 6.07) is 66.6. The average Bonchev–Trinajstić information content (AvgIpc) is 3.77. The molecular weight excluding hydrogens is 723 g/mol. The van der Waals surface area contributed by atoms with Gasteiger partial charge in [-0.25, -0.2) is 0 Å². The Balaban J connectivity index is 1.15. The molecule has 0 aliphatic heterocycles. The maximum Gasteiger partial charge on any atom is 0.0549 e. The van der Waals surface area contributed by atoms with Gasteiger partial charge in [-0.15, -0.1) is 0 Å². The lowest BCUT2D eigenvalue weighted by Gasteiger charge is -2.33. The zero-order valence-corrected chi connectivity index (χ0v) is 35.2. The van der Waals surface area contributed by atoms with Gasteiger partial charge in [-0.2, -0.15) is 0 Å². The first-order valence-corrected chi connectivity index (χ1v) is 21.5. The summed E-state index contributed by atoms with van der Waals surface area (Å²) in [5, 5.41) is 5.16. The summed E-state index contributed by atoms with van der Waals surface area (Å²) in [4.78, 5) is 2.61. The van der Waals surface area contributed by atoms with E-state index < -0.39 is 0 Å². The predicted molar refractivity (Wildman–Crippen MR) is 254 cm³/mol. The molecule has 1 nitrogen and oxygen atoms in total. The molecule has 0 aromatic heterocycles. The first-order chi connectivity index (χ1) is 29.0. The van der Waals surface area contributed by atoms with Crippen molar-refractivity contribution in [1.82, 2.24) is 0 Å². The first kappa shape index (κ1) is 35.3. The van der Waals surface area contributed by atoms with Crippen molar-refractivity contribution in [3.8, 4) is 44.5 Å². The lowest BCUT2D eigenvalue weighted by Crippen LogP contribution is -2.18.